The van der Waals surface area contributed by atoms with Gasteiger partial charge in [0.05, 0.1) is 28.4 Å². The molecule has 5 rings (SSSR count). The monoisotopic (exact) mass is 483 g/mol. The Morgan fingerprint density at radius 1 is 1.15 bits per heavy atom. The molecular formula is C24H19F2N3O2S2. The van der Waals surface area contributed by atoms with Crippen LogP contribution in [0.2, 0.25) is 0 Å². The van der Waals surface area contributed by atoms with Crippen LogP contribution in [-0.4, -0.2) is 32.7 Å². The summed E-state index contributed by atoms with van der Waals surface area (Å²) in [6.07, 6.45) is 1.84. The predicted molar refractivity (Wildman–Crippen MR) is 126 cm³/mol. The lowest BCUT2D eigenvalue weighted by Gasteiger charge is -2.24. The molecule has 168 valence electrons. The van der Waals surface area contributed by atoms with Gasteiger partial charge in [-0.15, -0.1) is 11.3 Å². The van der Waals surface area contributed by atoms with Crippen LogP contribution in [0.15, 0.2) is 69.9 Å². The number of rotatable bonds is 5. The molecule has 0 spiro atoms. The number of nitrogens with zero attached hydrogens (tertiary/aromatic N) is 3. The van der Waals surface area contributed by atoms with Crippen LogP contribution in [0.5, 0.6) is 0 Å². The highest BCUT2D eigenvalue weighted by atomic mass is 32.2. The molecule has 2 aromatic heterocycles. The van der Waals surface area contributed by atoms with Gasteiger partial charge < -0.3 is 4.90 Å². The molecule has 0 aliphatic carbocycles. The second-order valence-corrected chi connectivity index (χ2v) is 9.62. The number of carbonyl (C=O) groups is 1. The lowest BCUT2D eigenvalue weighted by Crippen LogP contribution is -2.32. The highest BCUT2D eigenvalue weighted by Crippen LogP contribution is 2.35. The van der Waals surface area contributed by atoms with Crippen LogP contribution >= 0.6 is 23.1 Å². The number of hydrogen-bond acceptors (Lipinski definition) is 5. The van der Waals surface area contributed by atoms with Crippen LogP contribution in [0.4, 0.5) is 8.78 Å². The van der Waals surface area contributed by atoms with Crippen LogP contribution in [0.1, 0.15) is 23.8 Å². The molecule has 1 fully saturated rings. The Labute approximate surface area is 196 Å². The number of halogens is 2. The number of fused-ring (bicyclic) bond motifs is 1. The minimum atomic E-state index is -0.875. The van der Waals surface area contributed by atoms with Gasteiger partial charge in [0.25, 0.3) is 5.56 Å². The number of amides is 1. The minimum absolute atomic E-state index is 0.0511. The SMILES string of the molecule is O=C(CSc1nc2ccccc2c(=O)n1-c1ccc(F)cc1F)N1CCCC1c1cccs1. The molecule has 1 unspecified atom stereocenters. The molecule has 0 saturated carbocycles. The maximum absolute atomic E-state index is 14.6. The molecule has 4 aromatic rings. The third-order valence-electron chi connectivity index (χ3n) is 5.67. The van der Waals surface area contributed by atoms with Gasteiger partial charge in [0.15, 0.2) is 5.16 Å². The van der Waals surface area contributed by atoms with E-state index in [1.54, 1.807) is 35.6 Å². The summed E-state index contributed by atoms with van der Waals surface area (Å²) >= 11 is 2.71. The first-order valence-corrected chi connectivity index (χ1v) is 12.3. The summed E-state index contributed by atoms with van der Waals surface area (Å²) in [6, 6.07) is 13.9. The third-order valence-corrected chi connectivity index (χ3v) is 7.56. The van der Waals surface area contributed by atoms with E-state index in [4.69, 9.17) is 0 Å². The van der Waals surface area contributed by atoms with Crippen molar-refractivity contribution < 1.29 is 13.6 Å². The number of hydrogen-bond donors (Lipinski definition) is 0. The third kappa shape index (κ3) is 4.18. The lowest BCUT2D eigenvalue weighted by molar-refractivity contribution is -0.129. The lowest BCUT2D eigenvalue weighted by atomic mass is 10.2. The maximum atomic E-state index is 14.6. The molecule has 0 N–H and O–H groups in total. The van der Waals surface area contributed by atoms with Crippen LogP contribution in [0, 0.1) is 11.6 Å². The van der Waals surface area contributed by atoms with Crippen LogP contribution < -0.4 is 5.56 Å². The summed E-state index contributed by atoms with van der Waals surface area (Å²) in [7, 11) is 0. The van der Waals surface area contributed by atoms with Gasteiger partial charge in [0.1, 0.15) is 11.6 Å². The summed E-state index contributed by atoms with van der Waals surface area (Å²) in [5, 5.41) is 2.50. The maximum Gasteiger partial charge on any atom is 0.266 e. The minimum Gasteiger partial charge on any atom is -0.334 e. The fourth-order valence-electron chi connectivity index (χ4n) is 4.14. The summed E-state index contributed by atoms with van der Waals surface area (Å²) in [4.78, 5) is 33.9. The topological polar surface area (TPSA) is 55.2 Å². The molecule has 1 saturated heterocycles. The summed E-state index contributed by atoms with van der Waals surface area (Å²) in [5.41, 5.74) is -0.125. The van der Waals surface area contributed by atoms with Gasteiger partial charge in [-0.25, -0.2) is 13.8 Å². The Balaban J connectivity index is 1.50. The molecule has 3 heterocycles. The van der Waals surface area contributed by atoms with Crippen molar-refractivity contribution in [1.29, 1.82) is 0 Å². The first kappa shape index (κ1) is 21.8. The number of likely N-dealkylation sites (tertiary alicyclic amines) is 1. The molecular weight excluding hydrogens is 464 g/mol. The Kier molecular flexibility index (Phi) is 5.99. The van der Waals surface area contributed by atoms with Crippen molar-refractivity contribution in [1.82, 2.24) is 14.5 Å². The normalized spacial score (nSPS) is 15.9. The zero-order valence-electron chi connectivity index (χ0n) is 17.4. The standard InChI is InChI=1S/C24H19F2N3O2S2/c25-15-9-10-19(17(26)13-15)29-23(31)16-5-1-2-6-18(16)27-24(29)33-14-22(30)28-11-3-7-20(28)21-8-4-12-32-21/h1-2,4-6,8-10,12-13,20H,3,7,11,14H2. The van der Waals surface area contributed by atoms with Gasteiger partial charge >= 0.3 is 0 Å². The molecule has 1 amide bonds. The molecule has 9 heteroatoms. The Bertz CT molecular complexity index is 1390. The average molecular weight is 484 g/mol. The molecule has 1 aliphatic heterocycles. The molecule has 33 heavy (non-hydrogen) atoms. The van der Waals surface area contributed by atoms with E-state index in [0.717, 1.165) is 46.2 Å². The average Bonchev–Trinajstić information content (AvgIpc) is 3.50. The highest BCUT2D eigenvalue weighted by molar-refractivity contribution is 7.99. The summed E-state index contributed by atoms with van der Waals surface area (Å²) < 4.78 is 29.3. The van der Waals surface area contributed by atoms with E-state index in [2.05, 4.69) is 4.98 Å². The second-order valence-electron chi connectivity index (χ2n) is 7.70. The molecule has 0 bridgehead atoms. The van der Waals surface area contributed by atoms with Gasteiger partial charge in [0, 0.05) is 17.5 Å². The molecule has 5 nitrogen and oxygen atoms in total. The quantitative estimate of drug-likeness (QED) is 0.290. The van der Waals surface area contributed by atoms with Gasteiger partial charge in [-0.05, 0) is 48.6 Å². The van der Waals surface area contributed by atoms with Crippen molar-refractivity contribution in [2.45, 2.75) is 24.0 Å². The highest BCUT2D eigenvalue weighted by Gasteiger charge is 2.30. The number of carbonyl (C=O) groups excluding carboxylic acids is 1. The van der Waals surface area contributed by atoms with Crippen LogP contribution in [0.25, 0.3) is 16.6 Å². The largest absolute Gasteiger partial charge is 0.334 e. The first-order chi connectivity index (χ1) is 16.0. The van der Waals surface area contributed by atoms with E-state index in [0.29, 0.717) is 17.4 Å². The van der Waals surface area contributed by atoms with Gasteiger partial charge in [-0.3, -0.25) is 14.2 Å². The van der Waals surface area contributed by atoms with E-state index < -0.39 is 17.2 Å². The van der Waals surface area contributed by atoms with Gasteiger partial charge in [-0.2, -0.15) is 0 Å². The molecule has 0 radical (unpaired) electrons. The fourth-order valence-corrected chi connectivity index (χ4v) is 5.90. The van der Waals surface area contributed by atoms with E-state index in [9.17, 15) is 18.4 Å². The van der Waals surface area contributed by atoms with E-state index in [1.807, 2.05) is 22.4 Å². The van der Waals surface area contributed by atoms with Crippen molar-refractivity contribution in [2.75, 3.05) is 12.3 Å². The molecule has 2 aromatic carbocycles. The smallest absolute Gasteiger partial charge is 0.266 e. The summed E-state index contributed by atoms with van der Waals surface area (Å²) in [5.74, 6) is -1.63. The zero-order valence-corrected chi connectivity index (χ0v) is 19.0. The predicted octanol–water partition coefficient (Wildman–Crippen LogP) is 5.18. The molecule has 1 aliphatic rings. The van der Waals surface area contributed by atoms with Crippen molar-refractivity contribution in [2.24, 2.45) is 0 Å². The van der Waals surface area contributed by atoms with E-state index in [1.165, 1.54) is 6.07 Å². The number of benzene rings is 2. The Morgan fingerprint density at radius 3 is 2.79 bits per heavy atom. The number of aromatic nitrogens is 2. The second kappa shape index (κ2) is 9.07. The number of para-hydroxylation sites is 1. The Morgan fingerprint density at radius 2 is 2.00 bits per heavy atom. The van der Waals surface area contributed by atoms with Crippen LogP contribution in [0.3, 0.4) is 0 Å². The summed E-state index contributed by atoms with van der Waals surface area (Å²) in [6.45, 7) is 0.673. The van der Waals surface area contributed by atoms with Gasteiger partial charge in [0.2, 0.25) is 5.91 Å². The van der Waals surface area contributed by atoms with Crippen molar-refractivity contribution >= 4 is 39.9 Å². The zero-order chi connectivity index (χ0) is 22.9. The van der Waals surface area contributed by atoms with Gasteiger partial charge in [-0.1, -0.05) is 30.0 Å². The fraction of sp³-hybridized carbons (Fsp3) is 0.208. The molecule has 1 atom stereocenters. The van der Waals surface area contributed by atoms with Crippen molar-refractivity contribution in [3.05, 3.63) is 86.8 Å². The number of thioether (sulfide) groups is 1. The van der Waals surface area contributed by atoms with Crippen LogP contribution in [-0.2, 0) is 4.79 Å². The first-order valence-electron chi connectivity index (χ1n) is 10.5. The van der Waals surface area contributed by atoms with E-state index in [-0.39, 0.29) is 28.5 Å². The van der Waals surface area contributed by atoms with E-state index >= 15 is 0 Å². The Hall–Kier alpha value is -3.04. The number of thiophene rings is 1. The van der Waals surface area contributed by atoms with Crippen molar-refractivity contribution in [3.8, 4) is 5.69 Å². The van der Waals surface area contributed by atoms with Crippen molar-refractivity contribution in [3.63, 3.8) is 0 Å².